The van der Waals surface area contributed by atoms with Crippen LogP contribution in [0.3, 0.4) is 0 Å². The summed E-state index contributed by atoms with van der Waals surface area (Å²) >= 11 is 0. The first-order valence-corrected chi connectivity index (χ1v) is 14.2. The lowest BCUT2D eigenvalue weighted by Gasteiger charge is -2.40. The number of hydrogen-bond acceptors (Lipinski definition) is 9. The van der Waals surface area contributed by atoms with Gasteiger partial charge in [0.25, 0.3) is 0 Å². The second kappa shape index (κ2) is 9.63. The molecule has 2 aromatic carbocycles. The Hall–Kier alpha value is -4.30. The maximum atomic E-state index is 14.7. The number of nitriles is 1. The van der Waals surface area contributed by atoms with Crippen LogP contribution < -0.4 is 15.3 Å². The minimum absolute atomic E-state index is 0.0550. The Bertz CT molecular complexity index is 1870. The maximum absolute atomic E-state index is 14.7. The summed E-state index contributed by atoms with van der Waals surface area (Å²) in [5.74, 6) is -0.413. The number of alkyl halides is 1. The maximum Gasteiger partial charge on any atom is 0.349 e. The van der Waals surface area contributed by atoms with E-state index in [1.54, 1.807) is 6.92 Å². The average molecular weight is 574 g/mol. The molecule has 0 spiro atoms. The topological polar surface area (TPSA) is 116 Å². The zero-order valence-electron chi connectivity index (χ0n) is 23.3. The SMILES string of the molecule is Cc1c(-c2cc(O)cc3ccc(F)c(C#N)c23)oc(=O)c2c(N3CC[C@H]3C)nc(OC[C@@]34CCCN3CC(F)C4)nc12. The summed E-state index contributed by atoms with van der Waals surface area (Å²) in [6.45, 7) is 5.88. The number of halogens is 2. The van der Waals surface area contributed by atoms with Gasteiger partial charge in [-0.25, -0.2) is 13.6 Å². The van der Waals surface area contributed by atoms with Crippen molar-refractivity contribution in [2.45, 2.75) is 57.3 Å². The second-order valence-corrected chi connectivity index (χ2v) is 11.7. The molecule has 1 unspecified atom stereocenters. The fraction of sp³-hybridized carbons (Fsp3) is 0.419. The molecule has 0 bridgehead atoms. The molecular weight excluding hydrogens is 544 g/mol. The van der Waals surface area contributed by atoms with E-state index in [1.807, 2.05) is 17.9 Å². The number of phenols is 1. The highest BCUT2D eigenvalue weighted by Crippen LogP contribution is 2.42. The van der Waals surface area contributed by atoms with Crippen LogP contribution in [0.4, 0.5) is 14.6 Å². The van der Waals surface area contributed by atoms with Gasteiger partial charge >= 0.3 is 11.6 Å². The second-order valence-electron chi connectivity index (χ2n) is 11.7. The van der Waals surface area contributed by atoms with Gasteiger partial charge in [0.15, 0.2) is 5.82 Å². The van der Waals surface area contributed by atoms with Crippen molar-refractivity contribution in [2.75, 3.05) is 31.1 Å². The van der Waals surface area contributed by atoms with Crippen LogP contribution in [-0.4, -0.2) is 64.0 Å². The molecule has 3 saturated heterocycles. The Balaban J connectivity index is 1.42. The first-order chi connectivity index (χ1) is 20.2. The zero-order valence-corrected chi connectivity index (χ0v) is 23.3. The minimum Gasteiger partial charge on any atom is -0.508 e. The van der Waals surface area contributed by atoms with E-state index in [-0.39, 0.29) is 52.1 Å². The fourth-order valence-corrected chi connectivity index (χ4v) is 6.94. The molecule has 2 aromatic heterocycles. The first kappa shape index (κ1) is 26.6. The monoisotopic (exact) mass is 573 g/mol. The fourth-order valence-electron chi connectivity index (χ4n) is 6.94. The van der Waals surface area contributed by atoms with E-state index in [9.17, 15) is 23.9 Å². The Morgan fingerprint density at radius 1 is 1.26 bits per heavy atom. The molecule has 3 aliphatic heterocycles. The molecule has 0 radical (unpaired) electrons. The lowest BCUT2D eigenvalue weighted by atomic mass is 9.95. The van der Waals surface area contributed by atoms with Gasteiger partial charge in [-0.2, -0.15) is 15.2 Å². The number of nitrogens with zero attached hydrogens (tertiary/aromatic N) is 5. The van der Waals surface area contributed by atoms with Gasteiger partial charge in [0.1, 0.15) is 41.6 Å². The summed E-state index contributed by atoms with van der Waals surface area (Å²) in [6.07, 6.45) is 2.21. The number of fused-ring (bicyclic) bond motifs is 3. The van der Waals surface area contributed by atoms with Gasteiger partial charge < -0.3 is 19.2 Å². The van der Waals surface area contributed by atoms with E-state index in [2.05, 4.69) is 14.9 Å². The standard InChI is InChI=1S/C31H29F2N5O4/c1-16-6-9-38(16)28-25-26(35-30(36-28)41-15-31-7-3-8-37(31)14-19(32)12-31)17(2)27(42-29(25)40)21-11-20(39)10-18-4-5-23(33)22(13-34)24(18)21/h4-5,10-11,16,19,39H,3,6-9,12,14-15H2,1-2H3/t16-,19?,31+/m1/s1. The van der Waals surface area contributed by atoms with E-state index in [4.69, 9.17) is 9.15 Å². The van der Waals surface area contributed by atoms with Gasteiger partial charge in [0.05, 0.1) is 16.6 Å². The Morgan fingerprint density at radius 2 is 2.10 bits per heavy atom. The van der Waals surface area contributed by atoms with Gasteiger partial charge in [0, 0.05) is 42.1 Å². The number of ether oxygens (including phenoxy) is 1. The van der Waals surface area contributed by atoms with Crippen LogP contribution in [0.1, 0.15) is 43.7 Å². The summed E-state index contributed by atoms with van der Waals surface area (Å²) in [7, 11) is 0. The lowest BCUT2D eigenvalue weighted by molar-refractivity contribution is 0.107. The van der Waals surface area contributed by atoms with Crippen LogP contribution >= 0.6 is 0 Å². The molecular formula is C31H29F2N5O4. The van der Waals surface area contributed by atoms with Crippen molar-refractivity contribution < 1.29 is 23.0 Å². The third kappa shape index (κ3) is 4.00. The smallest absolute Gasteiger partial charge is 0.349 e. The molecule has 11 heteroatoms. The normalized spacial score (nSPS) is 23.7. The Kier molecular flexibility index (Phi) is 6.10. The van der Waals surface area contributed by atoms with Gasteiger partial charge in [-0.05, 0) is 63.2 Å². The highest BCUT2D eigenvalue weighted by atomic mass is 19.1. The van der Waals surface area contributed by atoms with E-state index in [1.165, 1.54) is 18.2 Å². The highest BCUT2D eigenvalue weighted by molar-refractivity contribution is 6.03. The number of aromatic nitrogens is 2. The number of anilines is 1. The summed E-state index contributed by atoms with van der Waals surface area (Å²) < 4.78 is 41.1. The number of rotatable bonds is 5. The predicted octanol–water partition coefficient (Wildman–Crippen LogP) is 4.98. The summed E-state index contributed by atoms with van der Waals surface area (Å²) in [4.78, 5) is 27.1. The number of phenolic OH excluding ortho intramolecular Hbond substituents is 1. The van der Waals surface area contributed by atoms with Gasteiger partial charge in [0.2, 0.25) is 0 Å². The molecule has 42 heavy (non-hydrogen) atoms. The molecule has 7 rings (SSSR count). The van der Waals surface area contributed by atoms with Crippen LogP contribution in [0.5, 0.6) is 11.8 Å². The van der Waals surface area contributed by atoms with Gasteiger partial charge in [-0.3, -0.25) is 4.90 Å². The molecule has 5 heterocycles. The van der Waals surface area contributed by atoms with Crippen LogP contribution in [0.25, 0.3) is 33.0 Å². The molecule has 0 saturated carbocycles. The van der Waals surface area contributed by atoms with Gasteiger partial charge in [-0.1, -0.05) is 6.07 Å². The van der Waals surface area contributed by atoms with Crippen LogP contribution in [-0.2, 0) is 0 Å². The van der Waals surface area contributed by atoms with Gasteiger partial charge in [-0.15, -0.1) is 0 Å². The average Bonchev–Trinajstić information content (AvgIpc) is 3.48. The summed E-state index contributed by atoms with van der Waals surface area (Å²) in [5, 5.41) is 21.1. The van der Waals surface area contributed by atoms with Crippen molar-refractivity contribution in [3.05, 3.63) is 51.6 Å². The van der Waals surface area contributed by atoms with Crippen molar-refractivity contribution in [1.82, 2.24) is 14.9 Å². The molecule has 1 N–H and O–H groups in total. The Labute approximate surface area is 240 Å². The van der Waals surface area contributed by atoms with Crippen LogP contribution in [0.2, 0.25) is 0 Å². The van der Waals surface area contributed by atoms with Crippen LogP contribution in [0.15, 0.2) is 33.5 Å². The molecule has 0 aliphatic carbocycles. The summed E-state index contributed by atoms with van der Waals surface area (Å²) in [6, 6.07) is 7.48. The summed E-state index contributed by atoms with van der Waals surface area (Å²) in [5.41, 5.74) is -0.406. The molecule has 4 aromatic rings. The molecule has 3 fully saturated rings. The van der Waals surface area contributed by atoms with E-state index in [0.717, 1.165) is 31.9 Å². The third-order valence-electron chi connectivity index (χ3n) is 9.19. The first-order valence-electron chi connectivity index (χ1n) is 14.2. The quantitative estimate of drug-likeness (QED) is 0.353. The van der Waals surface area contributed by atoms with Crippen molar-refractivity contribution in [2.24, 2.45) is 0 Å². The lowest BCUT2D eigenvalue weighted by Crippen LogP contribution is -2.47. The molecule has 0 amide bonds. The molecule has 3 atom stereocenters. The minimum atomic E-state index is -0.904. The van der Waals surface area contributed by atoms with E-state index >= 15 is 0 Å². The Morgan fingerprint density at radius 3 is 2.83 bits per heavy atom. The highest BCUT2D eigenvalue weighted by Gasteiger charge is 2.49. The van der Waals surface area contributed by atoms with E-state index in [0.29, 0.717) is 41.8 Å². The third-order valence-corrected chi connectivity index (χ3v) is 9.19. The molecule has 216 valence electrons. The van der Waals surface area contributed by atoms with Crippen molar-refractivity contribution >= 4 is 27.5 Å². The van der Waals surface area contributed by atoms with Crippen molar-refractivity contribution in [3.8, 4) is 29.2 Å². The van der Waals surface area contributed by atoms with Crippen molar-refractivity contribution in [1.29, 1.82) is 5.26 Å². The number of hydrogen-bond donors (Lipinski definition) is 1. The number of aryl methyl sites for hydroxylation is 1. The molecule has 9 nitrogen and oxygen atoms in total. The number of benzene rings is 2. The number of aromatic hydroxyl groups is 1. The largest absolute Gasteiger partial charge is 0.508 e. The molecule has 3 aliphatic rings. The van der Waals surface area contributed by atoms with Crippen LogP contribution in [0, 0.1) is 24.1 Å². The van der Waals surface area contributed by atoms with Crippen molar-refractivity contribution in [3.63, 3.8) is 0 Å². The predicted molar refractivity (Wildman–Crippen MR) is 152 cm³/mol. The van der Waals surface area contributed by atoms with E-state index < -0.39 is 23.2 Å². The zero-order chi connectivity index (χ0) is 29.3.